The lowest BCUT2D eigenvalue weighted by Gasteiger charge is -2.32. The highest BCUT2D eigenvalue weighted by Crippen LogP contribution is 2.45. The minimum Gasteiger partial charge on any atom is -0.373 e. The standard InChI is InChI=1S/C18H16F6N2O/c19-17(20,21)16(27,18(22,23)24)12-15(11-13-7-3-1-4-8-13)26-25-14-9-5-2-6-10-14/h1-10,25,27H,11-12H2/b26-15+. The van der Waals surface area contributed by atoms with Crippen molar-refractivity contribution < 1.29 is 31.4 Å². The number of alkyl halides is 6. The van der Waals surface area contributed by atoms with Gasteiger partial charge in [-0.25, -0.2) is 0 Å². The van der Waals surface area contributed by atoms with E-state index >= 15 is 0 Å². The summed E-state index contributed by atoms with van der Waals surface area (Å²) in [5.41, 5.74) is -2.13. The second kappa shape index (κ2) is 7.99. The Balaban J connectivity index is 2.35. The molecule has 0 atom stereocenters. The Morgan fingerprint density at radius 2 is 1.30 bits per heavy atom. The molecule has 27 heavy (non-hydrogen) atoms. The van der Waals surface area contributed by atoms with Crippen LogP contribution in [-0.4, -0.2) is 28.8 Å². The molecule has 0 aliphatic rings. The van der Waals surface area contributed by atoms with Gasteiger partial charge in [0.1, 0.15) is 0 Å². The van der Waals surface area contributed by atoms with E-state index in [1.807, 2.05) is 0 Å². The normalized spacial score (nSPS) is 13.5. The van der Waals surface area contributed by atoms with Gasteiger partial charge in [0, 0.05) is 18.6 Å². The fourth-order valence-electron chi connectivity index (χ4n) is 2.29. The van der Waals surface area contributed by atoms with Crippen molar-refractivity contribution in [3.8, 4) is 0 Å². The molecule has 0 aliphatic heterocycles. The van der Waals surface area contributed by atoms with Gasteiger partial charge in [-0.1, -0.05) is 48.5 Å². The fraction of sp³-hybridized carbons (Fsp3) is 0.278. The SMILES string of the molecule is OC(C/C(Cc1ccccc1)=N/Nc1ccccc1)(C(F)(F)F)C(F)(F)F. The maximum Gasteiger partial charge on any atom is 0.426 e. The van der Waals surface area contributed by atoms with Crippen molar-refractivity contribution in [1.82, 2.24) is 0 Å². The van der Waals surface area contributed by atoms with E-state index < -0.39 is 30.1 Å². The number of nitrogens with one attached hydrogen (secondary N) is 1. The van der Waals surface area contributed by atoms with Gasteiger partial charge in [0.25, 0.3) is 5.60 Å². The summed E-state index contributed by atoms with van der Waals surface area (Å²) in [6.07, 6.45) is -13.9. The summed E-state index contributed by atoms with van der Waals surface area (Å²) >= 11 is 0. The van der Waals surface area contributed by atoms with E-state index in [-0.39, 0.29) is 6.42 Å². The van der Waals surface area contributed by atoms with Crippen LogP contribution in [0.15, 0.2) is 65.8 Å². The summed E-state index contributed by atoms with van der Waals surface area (Å²) in [6.45, 7) is 0. The van der Waals surface area contributed by atoms with Crippen molar-refractivity contribution in [2.24, 2.45) is 5.10 Å². The number of benzene rings is 2. The molecule has 3 nitrogen and oxygen atoms in total. The molecule has 0 bridgehead atoms. The van der Waals surface area contributed by atoms with Crippen LogP contribution in [0.4, 0.5) is 32.0 Å². The molecule has 146 valence electrons. The molecule has 2 N–H and O–H groups in total. The molecule has 0 saturated heterocycles. The second-order valence-electron chi connectivity index (χ2n) is 5.85. The van der Waals surface area contributed by atoms with E-state index in [9.17, 15) is 31.4 Å². The van der Waals surface area contributed by atoms with Gasteiger partial charge in [0.15, 0.2) is 0 Å². The maximum atomic E-state index is 13.0. The van der Waals surface area contributed by atoms with Crippen molar-refractivity contribution in [1.29, 1.82) is 0 Å². The molecular weight excluding hydrogens is 374 g/mol. The van der Waals surface area contributed by atoms with E-state index in [0.717, 1.165) is 0 Å². The number of hydrogen-bond acceptors (Lipinski definition) is 3. The van der Waals surface area contributed by atoms with Crippen molar-refractivity contribution in [3.05, 3.63) is 66.2 Å². The number of rotatable bonds is 6. The molecule has 9 heteroatoms. The molecule has 2 rings (SSSR count). The monoisotopic (exact) mass is 390 g/mol. The van der Waals surface area contributed by atoms with E-state index in [2.05, 4.69) is 10.5 Å². The van der Waals surface area contributed by atoms with Gasteiger partial charge in [-0.3, -0.25) is 5.43 Å². The zero-order valence-corrected chi connectivity index (χ0v) is 13.8. The smallest absolute Gasteiger partial charge is 0.373 e. The van der Waals surface area contributed by atoms with E-state index in [4.69, 9.17) is 0 Å². The number of halogens is 6. The minimum atomic E-state index is -5.91. The van der Waals surface area contributed by atoms with E-state index in [1.54, 1.807) is 48.5 Å². The number of para-hydroxylation sites is 1. The number of aliphatic hydroxyl groups is 1. The Hall–Kier alpha value is -2.55. The van der Waals surface area contributed by atoms with E-state index in [1.165, 1.54) is 12.1 Å². The molecule has 2 aromatic carbocycles. The summed E-state index contributed by atoms with van der Waals surface area (Å²) in [6, 6.07) is 15.9. The Bertz CT molecular complexity index is 743. The zero-order valence-electron chi connectivity index (χ0n) is 13.8. The van der Waals surface area contributed by atoms with Crippen molar-refractivity contribution >= 4 is 11.4 Å². The first-order valence-corrected chi connectivity index (χ1v) is 7.79. The third-order valence-corrected chi connectivity index (χ3v) is 3.77. The van der Waals surface area contributed by atoms with Gasteiger partial charge < -0.3 is 5.11 Å². The molecule has 0 spiro atoms. The minimum absolute atomic E-state index is 0.296. The number of anilines is 1. The van der Waals surface area contributed by atoms with Gasteiger partial charge >= 0.3 is 12.4 Å². The average molecular weight is 390 g/mol. The molecule has 0 aromatic heterocycles. The summed E-state index contributed by atoms with van der Waals surface area (Å²) in [5, 5.41) is 13.2. The molecule has 0 aliphatic carbocycles. The molecule has 0 fully saturated rings. The van der Waals surface area contributed by atoms with Crippen molar-refractivity contribution in [2.45, 2.75) is 30.8 Å². The summed E-state index contributed by atoms with van der Waals surface area (Å²) in [4.78, 5) is 0. The zero-order chi connectivity index (χ0) is 20.1. The largest absolute Gasteiger partial charge is 0.426 e. The second-order valence-corrected chi connectivity index (χ2v) is 5.85. The van der Waals surface area contributed by atoms with Crippen LogP contribution in [0.3, 0.4) is 0 Å². The maximum absolute atomic E-state index is 13.0. The predicted octanol–water partition coefficient (Wildman–Crippen LogP) is 4.94. The Labute approximate surface area is 151 Å². The molecule has 0 amide bonds. The fourth-order valence-corrected chi connectivity index (χ4v) is 2.29. The van der Waals surface area contributed by atoms with Crippen molar-refractivity contribution in [3.63, 3.8) is 0 Å². The number of hydrogen-bond donors (Lipinski definition) is 2. The molecule has 0 radical (unpaired) electrons. The number of nitrogens with zero attached hydrogens (tertiary/aromatic N) is 1. The number of hydrazone groups is 1. The van der Waals surface area contributed by atoms with Crippen LogP contribution in [-0.2, 0) is 6.42 Å². The van der Waals surface area contributed by atoms with Gasteiger partial charge in [-0.2, -0.15) is 31.4 Å². The highest BCUT2D eigenvalue weighted by Gasteiger charge is 2.70. The van der Waals surface area contributed by atoms with E-state index in [0.29, 0.717) is 11.3 Å². The van der Waals surface area contributed by atoms with Crippen molar-refractivity contribution in [2.75, 3.05) is 5.43 Å². The van der Waals surface area contributed by atoms with Crippen LogP contribution in [0, 0.1) is 0 Å². The third kappa shape index (κ3) is 5.22. The third-order valence-electron chi connectivity index (χ3n) is 3.77. The first-order chi connectivity index (χ1) is 12.5. The van der Waals surface area contributed by atoms with Gasteiger partial charge in [0.2, 0.25) is 0 Å². The first kappa shape index (κ1) is 20.8. The lowest BCUT2D eigenvalue weighted by atomic mass is 9.92. The highest BCUT2D eigenvalue weighted by molar-refractivity contribution is 5.88. The van der Waals surface area contributed by atoms with Crippen LogP contribution < -0.4 is 5.43 Å². The molecule has 2 aromatic rings. The predicted molar refractivity (Wildman–Crippen MR) is 89.3 cm³/mol. The Morgan fingerprint density at radius 3 is 1.78 bits per heavy atom. The lowest BCUT2D eigenvalue weighted by Crippen LogP contribution is -2.58. The van der Waals surface area contributed by atoms with Crippen LogP contribution in [0.5, 0.6) is 0 Å². The molecule has 0 unspecified atom stereocenters. The molecule has 0 saturated carbocycles. The Morgan fingerprint density at radius 1 is 0.815 bits per heavy atom. The topological polar surface area (TPSA) is 44.6 Å². The first-order valence-electron chi connectivity index (χ1n) is 7.79. The van der Waals surface area contributed by atoms with Crippen LogP contribution in [0.2, 0.25) is 0 Å². The van der Waals surface area contributed by atoms with Gasteiger partial charge in [-0.15, -0.1) is 0 Å². The Kier molecular flexibility index (Phi) is 6.15. The average Bonchev–Trinajstić information content (AvgIpc) is 2.59. The highest BCUT2D eigenvalue weighted by atomic mass is 19.4. The molecular formula is C18H16F6N2O. The van der Waals surface area contributed by atoms with Gasteiger partial charge in [0.05, 0.1) is 5.69 Å². The summed E-state index contributed by atoms with van der Waals surface area (Å²) in [5.74, 6) is 0. The van der Waals surface area contributed by atoms with Crippen LogP contribution in [0.25, 0.3) is 0 Å². The summed E-state index contributed by atoms with van der Waals surface area (Å²) in [7, 11) is 0. The quantitative estimate of drug-likeness (QED) is 0.417. The molecule has 0 heterocycles. The van der Waals surface area contributed by atoms with Crippen LogP contribution in [0.1, 0.15) is 12.0 Å². The lowest BCUT2D eigenvalue weighted by molar-refractivity contribution is -0.365. The van der Waals surface area contributed by atoms with Gasteiger partial charge in [-0.05, 0) is 17.7 Å². The van der Waals surface area contributed by atoms with Crippen LogP contribution >= 0.6 is 0 Å². The summed E-state index contributed by atoms with van der Waals surface area (Å²) < 4.78 is 78.1.